The third-order valence-electron chi connectivity index (χ3n) is 2.68. The van der Waals surface area contributed by atoms with Gasteiger partial charge in [-0.05, 0) is 26.2 Å². The van der Waals surface area contributed by atoms with Gasteiger partial charge in [0.25, 0.3) is 0 Å². The van der Waals surface area contributed by atoms with Crippen LogP contribution in [0.2, 0.25) is 0 Å². The van der Waals surface area contributed by atoms with E-state index in [2.05, 4.69) is 6.92 Å². The van der Waals surface area contributed by atoms with E-state index >= 15 is 0 Å². The van der Waals surface area contributed by atoms with Crippen LogP contribution < -0.4 is 0 Å². The summed E-state index contributed by atoms with van der Waals surface area (Å²) in [6.45, 7) is 4.17. The van der Waals surface area contributed by atoms with Crippen LogP contribution in [0.4, 0.5) is 0 Å². The first-order chi connectivity index (χ1) is 7.76. The Morgan fingerprint density at radius 2 is 1.88 bits per heavy atom. The fourth-order valence-corrected chi connectivity index (χ4v) is 1.77. The first-order valence-corrected chi connectivity index (χ1v) is 6.32. The summed E-state index contributed by atoms with van der Waals surface area (Å²) < 4.78 is 5.18. The van der Waals surface area contributed by atoms with Crippen LogP contribution in [0.25, 0.3) is 0 Å². The van der Waals surface area contributed by atoms with Crippen molar-refractivity contribution in [1.82, 2.24) is 0 Å². The molecule has 0 unspecified atom stereocenters. The number of ether oxygens (including phenoxy) is 1. The molecule has 0 aromatic rings. The highest BCUT2D eigenvalue weighted by molar-refractivity contribution is 5.72. The van der Waals surface area contributed by atoms with Crippen molar-refractivity contribution in [2.24, 2.45) is 5.92 Å². The third-order valence-corrected chi connectivity index (χ3v) is 2.68. The van der Waals surface area contributed by atoms with Crippen molar-refractivity contribution in [1.29, 1.82) is 0 Å². The molecule has 0 aromatic carbocycles. The van der Waals surface area contributed by atoms with Gasteiger partial charge >= 0.3 is 5.97 Å². The predicted octanol–water partition coefficient (Wildman–Crippen LogP) is 3.12. The molecule has 3 heteroatoms. The van der Waals surface area contributed by atoms with Crippen LogP contribution >= 0.6 is 0 Å². The van der Waals surface area contributed by atoms with Gasteiger partial charge in [-0.15, -0.1) is 0 Å². The highest BCUT2D eigenvalue weighted by atomic mass is 16.5. The van der Waals surface area contributed by atoms with Crippen LogP contribution in [0.3, 0.4) is 0 Å². The molecule has 0 aromatic heterocycles. The van der Waals surface area contributed by atoms with E-state index in [1.807, 2.05) is 0 Å². The number of carbonyl (C=O) groups is 2. The lowest BCUT2D eigenvalue weighted by molar-refractivity contribution is -0.149. The number of rotatable bonds is 4. The van der Waals surface area contributed by atoms with E-state index < -0.39 is 0 Å². The molecular weight excluding hydrogens is 204 g/mol. The topological polar surface area (TPSA) is 43.4 Å². The quantitative estimate of drug-likeness (QED) is 0.422. The average molecular weight is 228 g/mol. The van der Waals surface area contributed by atoms with Gasteiger partial charge in [0.15, 0.2) is 0 Å². The minimum absolute atomic E-state index is 0.0492. The first-order valence-electron chi connectivity index (χ1n) is 6.32. The normalized spacial score (nSPS) is 15.9. The van der Waals surface area contributed by atoms with E-state index in [9.17, 15) is 4.79 Å². The molecule has 1 aliphatic carbocycles. The van der Waals surface area contributed by atoms with Gasteiger partial charge in [0, 0.05) is 0 Å². The molecule has 0 N–H and O–H groups in total. The molecule has 0 atom stereocenters. The molecule has 0 aliphatic heterocycles. The average Bonchev–Trinajstić information content (AvgIpc) is 2.31. The van der Waals surface area contributed by atoms with Crippen LogP contribution in [0.5, 0.6) is 0 Å². The molecule has 1 saturated carbocycles. The molecule has 1 aliphatic rings. The molecule has 3 nitrogen and oxygen atoms in total. The maximum atomic E-state index is 11.5. The minimum atomic E-state index is 0.0492. The smallest absolute Gasteiger partial charge is 0.308 e. The Hall–Kier alpha value is -0.860. The summed E-state index contributed by atoms with van der Waals surface area (Å²) in [4.78, 5) is 20.3. The third kappa shape index (κ3) is 7.43. The van der Waals surface area contributed by atoms with Gasteiger partial charge in [0.1, 0.15) is 6.29 Å². The Morgan fingerprint density at radius 3 is 2.38 bits per heavy atom. The molecule has 0 bridgehead atoms. The first kappa shape index (κ1) is 15.1. The van der Waals surface area contributed by atoms with Crippen molar-refractivity contribution in [3.05, 3.63) is 0 Å². The zero-order valence-electron chi connectivity index (χ0n) is 10.5. The van der Waals surface area contributed by atoms with Crippen LogP contribution in [-0.2, 0) is 14.3 Å². The zero-order valence-corrected chi connectivity index (χ0v) is 10.5. The Labute approximate surface area is 98.6 Å². The van der Waals surface area contributed by atoms with E-state index in [1.54, 1.807) is 0 Å². The van der Waals surface area contributed by atoms with Gasteiger partial charge in [-0.2, -0.15) is 0 Å². The number of carbonyl (C=O) groups excluding carboxylic acids is 2. The number of unbranched alkanes of at least 4 members (excludes halogenated alkanes) is 1. The highest BCUT2D eigenvalue weighted by Crippen LogP contribution is 2.24. The standard InChI is InChI=1S/C11H20O2.C2H4O/c1-2-3-9-13-11(12)10-7-5-4-6-8-10;1-2-3/h10H,2-9H2,1H3;2H,1H3. The molecule has 1 fully saturated rings. The Bertz CT molecular complexity index is 184. The molecule has 16 heavy (non-hydrogen) atoms. The Morgan fingerprint density at radius 1 is 1.31 bits per heavy atom. The fraction of sp³-hybridized carbons (Fsp3) is 0.846. The summed E-state index contributed by atoms with van der Waals surface area (Å²) in [7, 11) is 0. The number of hydrogen-bond acceptors (Lipinski definition) is 3. The van der Waals surface area contributed by atoms with Gasteiger partial charge in [-0.1, -0.05) is 32.6 Å². The van der Waals surface area contributed by atoms with Crippen molar-refractivity contribution < 1.29 is 14.3 Å². The van der Waals surface area contributed by atoms with Crippen LogP contribution in [0.15, 0.2) is 0 Å². The lowest BCUT2D eigenvalue weighted by atomic mass is 9.89. The molecule has 0 amide bonds. The van der Waals surface area contributed by atoms with Crippen LogP contribution in [0.1, 0.15) is 58.8 Å². The van der Waals surface area contributed by atoms with Crippen LogP contribution in [0, 0.1) is 5.92 Å². The van der Waals surface area contributed by atoms with Crippen molar-refractivity contribution in [2.75, 3.05) is 6.61 Å². The second-order valence-corrected chi connectivity index (χ2v) is 4.09. The Balaban J connectivity index is 0.000000673. The summed E-state index contributed by atoms with van der Waals surface area (Å²) in [6.07, 6.45) is 8.63. The molecule has 0 saturated heterocycles. The fourth-order valence-electron chi connectivity index (χ4n) is 1.77. The maximum absolute atomic E-state index is 11.5. The summed E-state index contributed by atoms with van der Waals surface area (Å²) in [5.74, 6) is 0.263. The maximum Gasteiger partial charge on any atom is 0.308 e. The molecule has 94 valence electrons. The second kappa shape index (κ2) is 10.7. The van der Waals surface area contributed by atoms with Gasteiger partial charge in [0.05, 0.1) is 12.5 Å². The van der Waals surface area contributed by atoms with Crippen molar-refractivity contribution in [2.45, 2.75) is 58.8 Å². The van der Waals surface area contributed by atoms with Crippen molar-refractivity contribution in [3.63, 3.8) is 0 Å². The molecule has 0 heterocycles. The Kier molecular flexibility index (Phi) is 10.1. The zero-order chi connectivity index (χ0) is 12.2. The SMILES string of the molecule is CC=O.CCCCOC(=O)C1CCCCC1. The molecular formula is C13H24O3. The van der Waals surface area contributed by atoms with Gasteiger partial charge < -0.3 is 9.53 Å². The summed E-state index contributed by atoms with van der Waals surface area (Å²) >= 11 is 0. The van der Waals surface area contributed by atoms with E-state index in [0.717, 1.165) is 32.0 Å². The number of hydrogen-bond donors (Lipinski definition) is 0. The van der Waals surface area contributed by atoms with Crippen molar-refractivity contribution in [3.8, 4) is 0 Å². The predicted molar refractivity (Wildman–Crippen MR) is 64.2 cm³/mol. The van der Waals surface area contributed by atoms with Crippen LogP contribution in [-0.4, -0.2) is 18.9 Å². The lowest BCUT2D eigenvalue weighted by Crippen LogP contribution is -2.20. The summed E-state index contributed by atoms with van der Waals surface area (Å²) in [6, 6.07) is 0. The van der Waals surface area contributed by atoms with E-state index in [0.29, 0.717) is 6.61 Å². The lowest BCUT2D eigenvalue weighted by Gasteiger charge is -2.19. The summed E-state index contributed by atoms with van der Waals surface area (Å²) in [5.41, 5.74) is 0. The van der Waals surface area contributed by atoms with Gasteiger partial charge in [0.2, 0.25) is 0 Å². The highest BCUT2D eigenvalue weighted by Gasteiger charge is 2.21. The summed E-state index contributed by atoms with van der Waals surface area (Å²) in [5, 5.41) is 0. The molecule has 1 rings (SSSR count). The largest absolute Gasteiger partial charge is 0.465 e. The van der Waals surface area contributed by atoms with Gasteiger partial charge in [-0.3, -0.25) is 4.79 Å². The number of esters is 1. The van der Waals surface area contributed by atoms with E-state index in [1.165, 1.54) is 26.2 Å². The van der Waals surface area contributed by atoms with Crippen molar-refractivity contribution >= 4 is 12.3 Å². The monoisotopic (exact) mass is 228 g/mol. The minimum Gasteiger partial charge on any atom is -0.465 e. The van der Waals surface area contributed by atoms with E-state index in [4.69, 9.17) is 9.53 Å². The van der Waals surface area contributed by atoms with Gasteiger partial charge in [-0.25, -0.2) is 0 Å². The number of aldehydes is 1. The second-order valence-electron chi connectivity index (χ2n) is 4.09. The molecule has 0 radical (unpaired) electrons. The van der Waals surface area contributed by atoms with E-state index in [-0.39, 0.29) is 11.9 Å². The molecule has 0 spiro atoms.